The number of amides is 1. The van der Waals surface area contributed by atoms with Crippen LogP contribution in [-0.4, -0.2) is 5.91 Å². The van der Waals surface area contributed by atoms with E-state index in [-0.39, 0.29) is 11.4 Å². The number of hydrogen-bond donors (Lipinski definition) is 1. The van der Waals surface area contributed by atoms with Crippen molar-refractivity contribution in [3.05, 3.63) is 71.0 Å². The van der Waals surface area contributed by atoms with E-state index in [1.54, 1.807) is 6.07 Å². The van der Waals surface area contributed by atoms with Gasteiger partial charge in [0, 0.05) is 5.69 Å². The molecule has 2 aromatic carbocycles. The molecule has 0 unspecified atom stereocenters. The van der Waals surface area contributed by atoms with Gasteiger partial charge >= 0.3 is 0 Å². The number of nitriles is 1. The molecule has 0 saturated carbocycles. The Bertz CT molecular complexity index is 727. The summed E-state index contributed by atoms with van der Waals surface area (Å²) in [7, 11) is 0. The highest BCUT2D eigenvalue weighted by Crippen LogP contribution is 2.13. The van der Waals surface area contributed by atoms with Gasteiger partial charge in [-0.3, -0.25) is 4.79 Å². The molecule has 1 amide bonds. The minimum Gasteiger partial charge on any atom is -0.321 e. The maximum absolute atomic E-state index is 12.8. The van der Waals surface area contributed by atoms with Crippen LogP contribution in [-0.2, 0) is 4.79 Å². The lowest BCUT2D eigenvalue weighted by atomic mass is 10.1. The molecule has 0 aliphatic rings. The number of nitrogens with one attached hydrogen (secondary N) is 1. The molecule has 0 bridgehead atoms. The van der Waals surface area contributed by atoms with Crippen LogP contribution >= 0.6 is 0 Å². The summed E-state index contributed by atoms with van der Waals surface area (Å²) in [6, 6.07) is 14.7. The highest BCUT2D eigenvalue weighted by Gasteiger charge is 2.09. The number of anilines is 1. The fraction of sp³-hybridized carbons (Fsp3) is 0.0588. The quantitative estimate of drug-likeness (QED) is 0.688. The lowest BCUT2D eigenvalue weighted by Crippen LogP contribution is -2.13. The first kappa shape index (κ1) is 14.5. The van der Waals surface area contributed by atoms with Crippen molar-refractivity contribution in [2.24, 2.45) is 0 Å². The molecule has 0 aliphatic heterocycles. The topological polar surface area (TPSA) is 52.9 Å². The zero-order chi connectivity index (χ0) is 15.2. The van der Waals surface area contributed by atoms with Gasteiger partial charge < -0.3 is 5.32 Å². The van der Waals surface area contributed by atoms with Crippen LogP contribution in [0.4, 0.5) is 10.1 Å². The second-order valence-corrected chi connectivity index (χ2v) is 4.54. The third-order valence-electron chi connectivity index (χ3n) is 2.82. The monoisotopic (exact) mass is 280 g/mol. The van der Waals surface area contributed by atoms with Gasteiger partial charge in [-0.1, -0.05) is 24.3 Å². The Morgan fingerprint density at radius 1 is 1.24 bits per heavy atom. The van der Waals surface area contributed by atoms with Crippen LogP contribution in [0.1, 0.15) is 11.1 Å². The van der Waals surface area contributed by atoms with Gasteiger partial charge in [-0.2, -0.15) is 5.26 Å². The van der Waals surface area contributed by atoms with E-state index in [1.165, 1.54) is 30.3 Å². The van der Waals surface area contributed by atoms with Crippen LogP contribution < -0.4 is 5.32 Å². The predicted molar refractivity (Wildman–Crippen MR) is 79.8 cm³/mol. The van der Waals surface area contributed by atoms with Crippen LogP contribution in [0.3, 0.4) is 0 Å². The van der Waals surface area contributed by atoms with Crippen molar-refractivity contribution >= 4 is 17.7 Å². The first-order chi connectivity index (χ1) is 10.1. The molecule has 21 heavy (non-hydrogen) atoms. The van der Waals surface area contributed by atoms with Gasteiger partial charge in [0.25, 0.3) is 5.91 Å². The van der Waals surface area contributed by atoms with Gasteiger partial charge in [-0.15, -0.1) is 0 Å². The average molecular weight is 280 g/mol. The number of aryl methyl sites for hydroxylation is 1. The van der Waals surface area contributed by atoms with Gasteiger partial charge in [0.1, 0.15) is 17.5 Å². The molecule has 104 valence electrons. The van der Waals surface area contributed by atoms with Crippen molar-refractivity contribution in [2.45, 2.75) is 6.92 Å². The molecule has 0 radical (unpaired) electrons. The third-order valence-corrected chi connectivity index (χ3v) is 2.82. The van der Waals surface area contributed by atoms with E-state index in [4.69, 9.17) is 5.26 Å². The minimum atomic E-state index is -0.493. The number of rotatable bonds is 3. The second kappa shape index (κ2) is 6.49. The molecule has 0 heterocycles. The molecule has 0 spiro atoms. The van der Waals surface area contributed by atoms with E-state index in [0.29, 0.717) is 11.3 Å². The normalized spacial score (nSPS) is 10.8. The lowest BCUT2D eigenvalue weighted by Gasteiger charge is -2.05. The number of nitrogens with zero attached hydrogens (tertiary/aromatic N) is 1. The number of benzene rings is 2. The Kier molecular flexibility index (Phi) is 4.47. The lowest BCUT2D eigenvalue weighted by molar-refractivity contribution is -0.112. The predicted octanol–water partition coefficient (Wildman–Crippen LogP) is 3.68. The first-order valence-electron chi connectivity index (χ1n) is 6.34. The van der Waals surface area contributed by atoms with Crippen LogP contribution in [0.15, 0.2) is 54.1 Å². The summed E-state index contributed by atoms with van der Waals surface area (Å²) in [4.78, 5) is 12.1. The molecular formula is C17H13FN2O. The van der Waals surface area contributed by atoms with E-state index in [2.05, 4.69) is 5.32 Å². The summed E-state index contributed by atoms with van der Waals surface area (Å²) >= 11 is 0. The van der Waals surface area contributed by atoms with Gasteiger partial charge in [0.05, 0.1) is 0 Å². The molecule has 3 nitrogen and oxygen atoms in total. The van der Waals surface area contributed by atoms with Crippen molar-refractivity contribution in [3.63, 3.8) is 0 Å². The van der Waals surface area contributed by atoms with Gasteiger partial charge in [-0.05, 0) is 48.4 Å². The van der Waals surface area contributed by atoms with E-state index in [9.17, 15) is 9.18 Å². The van der Waals surface area contributed by atoms with Gasteiger partial charge in [0.2, 0.25) is 0 Å². The molecule has 0 atom stereocenters. The molecule has 2 rings (SSSR count). The smallest absolute Gasteiger partial charge is 0.266 e. The van der Waals surface area contributed by atoms with E-state index in [0.717, 1.165) is 5.56 Å². The second-order valence-electron chi connectivity index (χ2n) is 4.54. The first-order valence-corrected chi connectivity index (χ1v) is 6.34. The molecule has 1 N–H and O–H groups in total. The fourth-order valence-corrected chi connectivity index (χ4v) is 1.80. The number of halogens is 1. The fourth-order valence-electron chi connectivity index (χ4n) is 1.80. The maximum atomic E-state index is 12.8. The summed E-state index contributed by atoms with van der Waals surface area (Å²) in [6.45, 7) is 1.91. The molecule has 0 aromatic heterocycles. The van der Waals surface area contributed by atoms with Crippen molar-refractivity contribution in [2.75, 3.05) is 5.32 Å². The molecule has 4 heteroatoms. The largest absolute Gasteiger partial charge is 0.321 e. The molecular weight excluding hydrogens is 267 g/mol. The zero-order valence-electron chi connectivity index (χ0n) is 11.4. The van der Waals surface area contributed by atoms with Crippen molar-refractivity contribution < 1.29 is 9.18 Å². The molecule has 0 saturated heterocycles. The molecule has 0 fully saturated rings. The summed E-state index contributed by atoms with van der Waals surface area (Å²) < 4.78 is 12.8. The summed E-state index contributed by atoms with van der Waals surface area (Å²) in [5, 5.41) is 11.8. The Morgan fingerprint density at radius 2 is 1.95 bits per heavy atom. The number of carbonyl (C=O) groups excluding carboxylic acids is 1. The standard InChI is InChI=1S/C17H13FN2O/c1-12-3-2-4-16(9-12)20-17(21)14(11-19)10-13-5-7-15(18)8-6-13/h2-10H,1H3,(H,20,21). The minimum absolute atomic E-state index is 0.0388. The highest BCUT2D eigenvalue weighted by atomic mass is 19.1. The van der Waals surface area contributed by atoms with Crippen LogP contribution in [0, 0.1) is 24.1 Å². The van der Waals surface area contributed by atoms with E-state index in [1.807, 2.05) is 31.2 Å². The van der Waals surface area contributed by atoms with Crippen LogP contribution in [0.2, 0.25) is 0 Å². The Labute approximate surface area is 122 Å². The molecule has 2 aromatic rings. The van der Waals surface area contributed by atoms with Crippen molar-refractivity contribution in [3.8, 4) is 6.07 Å². The molecule has 0 aliphatic carbocycles. The Balaban J connectivity index is 2.19. The van der Waals surface area contributed by atoms with E-state index >= 15 is 0 Å². The average Bonchev–Trinajstić information content (AvgIpc) is 2.46. The highest BCUT2D eigenvalue weighted by molar-refractivity contribution is 6.09. The van der Waals surface area contributed by atoms with E-state index < -0.39 is 5.91 Å². The van der Waals surface area contributed by atoms with Gasteiger partial charge in [0.15, 0.2) is 0 Å². The Hall–Kier alpha value is -2.93. The maximum Gasteiger partial charge on any atom is 0.266 e. The van der Waals surface area contributed by atoms with Crippen molar-refractivity contribution in [1.29, 1.82) is 5.26 Å². The van der Waals surface area contributed by atoms with Gasteiger partial charge in [-0.25, -0.2) is 4.39 Å². The summed E-state index contributed by atoms with van der Waals surface area (Å²) in [6.07, 6.45) is 1.42. The summed E-state index contributed by atoms with van der Waals surface area (Å²) in [5.74, 6) is -0.859. The van der Waals surface area contributed by atoms with Crippen LogP contribution in [0.25, 0.3) is 6.08 Å². The number of hydrogen-bond acceptors (Lipinski definition) is 2. The third kappa shape index (κ3) is 4.02. The SMILES string of the molecule is Cc1cccc(NC(=O)C(C#N)=Cc2ccc(F)cc2)c1. The zero-order valence-corrected chi connectivity index (χ0v) is 11.4. The Morgan fingerprint density at radius 3 is 2.57 bits per heavy atom. The number of carbonyl (C=O) groups is 1. The van der Waals surface area contributed by atoms with Crippen molar-refractivity contribution in [1.82, 2.24) is 0 Å². The van der Waals surface area contributed by atoms with Crippen LogP contribution in [0.5, 0.6) is 0 Å². The summed E-state index contributed by atoms with van der Waals surface area (Å²) in [5.41, 5.74) is 2.18.